The number of aromatic amines is 1. The zero-order valence-corrected chi connectivity index (χ0v) is 12.5. The van der Waals surface area contributed by atoms with Crippen LogP contribution in [0.15, 0.2) is 41.0 Å². The number of benzene rings is 1. The highest BCUT2D eigenvalue weighted by atomic mass is 16.3. The first kappa shape index (κ1) is 14.3. The first-order chi connectivity index (χ1) is 10.5. The Balaban J connectivity index is 1.85. The molecule has 0 spiro atoms. The Morgan fingerprint density at radius 3 is 2.86 bits per heavy atom. The third-order valence-corrected chi connectivity index (χ3v) is 3.71. The van der Waals surface area contributed by atoms with Crippen LogP contribution >= 0.6 is 0 Å². The van der Waals surface area contributed by atoms with Crippen LogP contribution in [-0.4, -0.2) is 21.9 Å². The van der Waals surface area contributed by atoms with E-state index in [0.717, 1.165) is 11.0 Å². The third-order valence-electron chi connectivity index (χ3n) is 3.71. The molecular formula is C16H18N4O2. The normalized spacial score (nSPS) is 14.0. The lowest BCUT2D eigenvalue weighted by molar-refractivity contribution is -0.119. The Hall–Kier alpha value is -2.60. The van der Waals surface area contributed by atoms with Crippen molar-refractivity contribution in [2.45, 2.75) is 19.9 Å². The molecule has 1 amide bonds. The zero-order chi connectivity index (χ0) is 15.7. The van der Waals surface area contributed by atoms with E-state index in [2.05, 4.69) is 15.3 Å². The average molecular weight is 298 g/mol. The number of imidazole rings is 1. The molecule has 114 valence electrons. The second kappa shape index (κ2) is 5.65. The van der Waals surface area contributed by atoms with Crippen LogP contribution in [0.5, 0.6) is 0 Å². The van der Waals surface area contributed by atoms with Gasteiger partial charge in [0.05, 0.1) is 23.2 Å². The maximum atomic E-state index is 12.1. The lowest BCUT2D eigenvalue weighted by Gasteiger charge is -2.15. The van der Waals surface area contributed by atoms with E-state index >= 15 is 0 Å². The van der Waals surface area contributed by atoms with Gasteiger partial charge in [0, 0.05) is 11.7 Å². The number of furan rings is 1. The number of amides is 1. The topological polar surface area (TPSA) is 96.9 Å². The second-order valence-electron chi connectivity index (χ2n) is 5.43. The smallest absolute Gasteiger partial charge is 0.228 e. The predicted molar refractivity (Wildman–Crippen MR) is 85.2 cm³/mol. The molecule has 0 bridgehead atoms. The van der Waals surface area contributed by atoms with Crippen LogP contribution in [0.4, 0.5) is 5.69 Å². The van der Waals surface area contributed by atoms with Crippen LogP contribution in [0.2, 0.25) is 0 Å². The fraction of sp³-hybridized carbons (Fsp3) is 0.250. The number of aromatic nitrogens is 2. The molecule has 0 fully saturated rings. The molecule has 2 unspecified atom stereocenters. The summed E-state index contributed by atoms with van der Waals surface area (Å²) in [4.78, 5) is 19.7. The average Bonchev–Trinajstić information content (AvgIpc) is 3.14. The molecule has 6 heteroatoms. The number of hydrogen-bond acceptors (Lipinski definition) is 4. The van der Waals surface area contributed by atoms with Gasteiger partial charge in [-0.3, -0.25) is 4.79 Å². The summed E-state index contributed by atoms with van der Waals surface area (Å²) in [6.07, 6.45) is 1.60. The van der Waals surface area contributed by atoms with Crippen molar-refractivity contribution in [2.75, 3.05) is 5.32 Å². The Bertz CT molecular complexity index is 790. The van der Waals surface area contributed by atoms with E-state index in [1.54, 1.807) is 6.26 Å². The number of fused-ring (bicyclic) bond motifs is 1. The molecule has 0 saturated carbocycles. The van der Waals surface area contributed by atoms with Crippen molar-refractivity contribution in [2.24, 2.45) is 11.7 Å². The first-order valence-corrected chi connectivity index (χ1v) is 7.14. The number of carbonyl (C=O) groups excluding carboxylic acids is 1. The van der Waals surface area contributed by atoms with Crippen molar-refractivity contribution < 1.29 is 9.21 Å². The van der Waals surface area contributed by atoms with Gasteiger partial charge in [-0.25, -0.2) is 4.98 Å². The largest absolute Gasteiger partial charge is 0.461 e. The fourth-order valence-corrected chi connectivity index (χ4v) is 2.11. The van der Waals surface area contributed by atoms with Gasteiger partial charge in [-0.15, -0.1) is 0 Å². The van der Waals surface area contributed by atoms with Gasteiger partial charge in [0.2, 0.25) is 5.91 Å². The number of hydrogen-bond donors (Lipinski definition) is 3. The summed E-state index contributed by atoms with van der Waals surface area (Å²) in [6, 6.07) is 8.97. The lowest BCUT2D eigenvalue weighted by atomic mass is 10.0. The number of rotatable bonds is 4. The predicted octanol–water partition coefficient (Wildman–Crippen LogP) is 2.74. The van der Waals surface area contributed by atoms with Crippen molar-refractivity contribution in [3.05, 3.63) is 36.6 Å². The Morgan fingerprint density at radius 2 is 2.18 bits per heavy atom. The molecular weight excluding hydrogens is 280 g/mol. The van der Waals surface area contributed by atoms with E-state index in [-0.39, 0.29) is 17.9 Å². The summed E-state index contributed by atoms with van der Waals surface area (Å²) in [7, 11) is 0. The maximum absolute atomic E-state index is 12.1. The van der Waals surface area contributed by atoms with Gasteiger partial charge >= 0.3 is 0 Å². The van der Waals surface area contributed by atoms with Gasteiger partial charge in [-0.2, -0.15) is 0 Å². The van der Waals surface area contributed by atoms with E-state index in [1.165, 1.54) is 0 Å². The van der Waals surface area contributed by atoms with Gasteiger partial charge in [0.1, 0.15) is 0 Å². The van der Waals surface area contributed by atoms with Gasteiger partial charge in [0.15, 0.2) is 11.6 Å². The number of anilines is 1. The fourth-order valence-electron chi connectivity index (χ4n) is 2.11. The van der Waals surface area contributed by atoms with Crippen LogP contribution in [0.25, 0.3) is 22.6 Å². The highest BCUT2D eigenvalue weighted by molar-refractivity contribution is 5.94. The molecule has 0 aliphatic carbocycles. The number of H-pyrrole nitrogens is 1. The summed E-state index contributed by atoms with van der Waals surface area (Å²) in [5.74, 6) is 0.982. The van der Waals surface area contributed by atoms with Gasteiger partial charge < -0.3 is 20.5 Å². The number of nitrogens with zero attached hydrogens (tertiary/aromatic N) is 1. The molecule has 0 aliphatic rings. The van der Waals surface area contributed by atoms with Crippen molar-refractivity contribution in [3.63, 3.8) is 0 Å². The summed E-state index contributed by atoms with van der Waals surface area (Å²) in [5.41, 5.74) is 8.10. The number of nitrogens with two attached hydrogens (primary N) is 1. The summed E-state index contributed by atoms with van der Waals surface area (Å²) >= 11 is 0. The second-order valence-corrected chi connectivity index (χ2v) is 5.43. The van der Waals surface area contributed by atoms with Crippen LogP contribution < -0.4 is 11.1 Å². The third kappa shape index (κ3) is 2.73. The van der Waals surface area contributed by atoms with E-state index in [1.807, 2.05) is 44.2 Å². The molecule has 4 N–H and O–H groups in total. The van der Waals surface area contributed by atoms with E-state index in [9.17, 15) is 4.79 Å². The quantitative estimate of drug-likeness (QED) is 0.690. The number of carbonyl (C=O) groups is 1. The zero-order valence-electron chi connectivity index (χ0n) is 12.5. The minimum Gasteiger partial charge on any atom is -0.461 e. The molecule has 2 atom stereocenters. The molecule has 2 heterocycles. The van der Waals surface area contributed by atoms with Crippen LogP contribution in [0, 0.1) is 5.92 Å². The molecule has 3 aromatic rings. The SMILES string of the molecule is CC(N)C(C)C(=O)Nc1ccc2nc(-c3ccco3)[nH]c2c1. The number of nitrogens with one attached hydrogen (secondary N) is 2. The molecule has 3 rings (SSSR count). The summed E-state index contributed by atoms with van der Waals surface area (Å²) in [6.45, 7) is 3.63. The van der Waals surface area contributed by atoms with Crippen LogP contribution in [-0.2, 0) is 4.79 Å². The Morgan fingerprint density at radius 1 is 1.36 bits per heavy atom. The van der Waals surface area contributed by atoms with E-state index in [4.69, 9.17) is 10.2 Å². The highest BCUT2D eigenvalue weighted by Gasteiger charge is 2.17. The van der Waals surface area contributed by atoms with E-state index in [0.29, 0.717) is 17.3 Å². The van der Waals surface area contributed by atoms with Crippen molar-refractivity contribution in [1.29, 1.82) is 0 Å². The van der Waals surface area contributed by atoms with Crippen molar-refractivity contribution >= 4 is 22.6 Å². The molecule has 22 heavy (non-hydrogen) atoms. The van der Waals surface area contributed by atoms with Crippen molar-refractivity contribution in [1.82, 2.24) is 9.97 Å². The minimum atomic E-state index is -0.254. The monoisotopic (exact) mass is 298 g/mol. The first-order valence-electron chi connectivity index (χ1n) is 7.14. The molecule has 0 radical (unpaired) electrons. The van der Waals surface area contributed by atoms with Gasteiger partial charge in [-0.1, -0.05) is 6.92 Å². The molecule has 0 saturated heterocycles. The lowest BCUT2D eigenvalue weighted by Crippen LogP contribution is -2.34. The highest BCUT2D eigenvalue weighted by Crippen LogP contribution is 2.23. The minimum absolute atomic E-state index is 0.0971. The standard InChI is InChI=1S/C16H18N4O2/c1-9(10(2)17)16(21)18-11-5-6-12-13(8-11)20-15(19-12)14-4-3-7-22-14/h3-10H,17H2,1-2H3,(H,18,21)(H,19,20). The van der Waals surface area contributed by atoms with Gasteiger partial charge in [-0.05, 0) is 37.3 Å². The molecule has 1 aromatic carbocycles. The maximum Gasteiger partial charge on any atom is 0.228 e. The molecule has 0 aliphatic heterocycles. The Labute approximate surface area is 127 Å². The molecule has 6 nitrogen and oxygen atoms in total. The molecule has 2 aromatic heterocycles. The van der Waals surface area contributed by atoms with Crippen LogP contribution in [0.1, 0.15) is 13.8 Å². The van der Waals surface area contributed by atoms with Gasteiger partial charge in [0.25, 0.3) is 0 Å². The van der Waals surface area contributed by atoms with Crippen LogP contribution in [0.3, 0.4) is 0 Å². The summed E-state index contributed by atoms with van der Waals surface area (Å²) in [5, 5.41) is 2.87. The van der Waals surface area contributed by atoms with E-state index < -0.39 is 0 Å². The Kier molecular flexibility index (Phi) is 3.68. The summed E-state index contributed by atoms with van der Waals surface area (Å²) < 4.78 is 5.32. The van der Waals surface area contributed by atoms with Crippen molar-refractivity contribution in [3.8, 4) is 11.6 Å².